The number of hydrogen-bond donors (Lipinski definition) is 0. The summed E-state index contributed by atoms with van der Waals surface area (Å²) in [7, 11) is -4.91. The Labute approximate surface area is 121 Å². The second kappa shape index (κ2) is 6.27. The molecule has 1 aliphatic rings. The second-order valence-electron chi connectivity index (χ2n) is 4.92. The molecule has 0 unspecified atom stereocenters. The molecule has 0 aromatic heterocycles. The molecule has 1 heterocycles. The van der Waals surface area contributed by atoms with Crippen molar-refractivity contribution in [1.82, 2.24) is 14.1 Å². The number of hydrogen-bond acceptors (Lipinski definition) is 4. The maximum Gasteiger partial charge on any atom is 0.330 e. The molecular formula is C10H22N4O4S2. The highest BCUT2D eigenvalue weighted by molar-refractivity contribution is 8.01. The molecule has 1 rings (SSSR count). The zero-order valence-electron chi connectivity index (χ0n) is 12.3. The molecule has 0 saturated carbocycles. The van der Waals surface area contributed by atoms with Gasteiger partial charge >= 0.3 is 16.2 Å². The van der Waals surface area contributed by atoms with Crippen LogP contribution in [0.2, 0.25) is 0 Å². The molecule has 1 aliphatic heterocycles. The number of urea groups is 1. The van der Waals surface area contributed by atoms with Gasteiger partial charge in [0.25, 0.3) is 0 Å². The number of piperazine rings is 1. The molecule has 118 valence electrons. The molecule has 20 heavy (non-hydrogen) atoms. The third kappa shape index (κ3) is 4.60. The summed E-state index contributed by atoms with van der Waals surface area (Å²) in [5.74, 6) is 0. The van der Waals surface area contributed by atoms with Crippen LogP contribution in [-0.4, -0.2) is 85.0 Å². The van der Waals surface area contributed by atoms with Crippen molar-refractivity contribution in [3.63, 3.8) is 0 Å². The molecule has 10 heteroatoms. The van der Waals surface area contributed by atoms with E-state index < -0.39 is 19.9 Å². The summed E-state index contributed by atoms with van der Waals surface area (Å²) in [5.41, 5.74) is 0. The summed E-state index contributed by atoms with van der Waals surface area (Å²) in [5, 5.41) is 0. The van der Waals surface area contributed by atoms with E-state index in [9.17, 15) is 17.4 Å². The summed E-state index contributed by atoms with van der Waals surface area (Å²) in [6.45, 7) is 3.44. The molecule has 1 fully saturated rings. The van der Waals surface area contributed by atoms with Crippen molar-refractivity contribution < 1.29 is 17.4 Å². The number of rotatable bonds is 3. The molecular weight excluding hydrogens is 304 g/mol. The van der Waals surface area contributed by atoms with Gasteiger partial charge in [-0.25, -0.2) is 9.00 Å². The van der Waals surface area contributed by atoms with E-state index in [1.807, 2.05) is 6.92 Å². The fourth-order valence-electron chi connectivity index (χ4n) is 1.76. The fourth-order valence-corrected chi connectivity index (χ4v) is 4.58. The molecule has 0 atom stereocenters. The Morgan fingerprint density at radius 2 is 1.65 bits per heavy atom. The minimum atomic E-state index is -3.88. The van der Waals surface area contributed by atoms with Crippen molar-refractivity contribution in [1.29, 1.82) is 0 Å². The predicted octanol–water partition coefficient (Wildman–Crippen LogP) is -0.352. The molecule has 0 radical (unpaired) electrons. The average molecular weight is 326 g/mol. The highest BCUT2D eigenvalue weighted by atomic mass is 32.3. The summed E-state index contributed by atoms with van der Waals surface area (Å²) in [6.07, 6.45) is 2.56. The van der Waals surface area contributed by atoms with Crippen LogP contribution < -0.4 is 0 Å². The normalized spacial score (nSPS) is 17.9. The van der Waals surface area contributed by atoms with Crippen molar-refractivity contribution in [3.8, 4) is 0 Å². The molecule has 0 aliphatic carbocycles. The third-order valence-corrected chi connectivity index (χ3v) is 6.12. The molecule has 0 bridgehead atoms. The van der Waals surface area contributed by atoms with Crippen LogP contribution in [0.4, 0.5) is 4.79 Å². The van der Waals surface area contributed by atoms with Crippen molar-refractivity contribution in [3.05, 3.63) is 0 Å². The first kappa shape index (κ1) is 17.2. The Kier molecular flexibility index (Phi) is 5.39. The van der Waals surface area contributed by atoms with E-state index in [-0.39, 0.29) is 19.1 Å². The molecule has 0 spiro atoms. The van der Waals surface area contributed by atoms with Crippen LogP contribution in [0.15, 0.2) is 3.77 Å². The van der Waals surface area contributed by atoms with Gasteiger partial charge in [0, 0.05) is 52.3 Å². The lowest BCUT2D eigenvalue weighted by molar-refractivity contribution is 0.144. The van der Waals surface area contributed by atoms with E-state index in [1.165, 1.54) is 12.5 Å². The van der Waals surface area contributed by atoms with Gasteiger partial charge in [-0.2, -0.15) is 12.7 Å². The number of carbonyl (C=O) groups is 1. The van der Waals surface area contributed by atoms with Crippen molar-refractivity contribution in [2.75, 3.05) is 52.3 Å². The smallest absolute Gasteiger partial charge is 0.328 e. The van der Waals surface area contributed by atoms with Crippen molar-refractivity contribution >= 4 is 26.0 Å². The first-order valence-electron chi connectivity index (χ1n) is 6.25. The average Bonchev–Trinajstić information content (AvgIpc) is 2.34. The number of nitrogens with zero attached hydrogens (tertiary/aromatic N) is 4. The predicted molar refractivity (Wildman–Crippen MR) is 78.2 cm³/mol. The van der Waals surface area contributed by atoms with Gasteiger partial charge in [-0.05, 0) is 6.92 Å². The lowest BCUT2D eigenvalue weighted by Crippen LogP contribution is -2.53. The van der Waals surface area contributed by atoms with Gasteiger partial charge in [0.1, 0.15) is 0 Å². The zero-order chi connectivity index (χ0) is 15.6. The van der Waals surface area contributed by atoms with E-state index >= 15 is 0 Å². The lowest BCUT2D eigenvalue weighted by atomic mass is 10.4. The zero-order valence-corrected chi connectivity index (χ0v) is 13.9. The highest BCUT2D eigenvalue weighted by Crippen LogP contribution is 2.11. The Balaban J connectivity index is 2.73. The van der Waals surface area contributed by atoms with Crippen LogP contribution >= 0.6 is 0 Å². The maximum absolute atomic E-state index is 11.9. The van der Waals surface area contributed by atoms with E-state index in [1.54, 1.807) is 16.8 Å². The minimum Gasteiger partial charge on any atom is -0.328 e. The molecule has 1 saturated heterocycles. The Morgan fingerprint density at radius 1 is 1.15 bits per heavy atom. The molecule has 0 aromatic carbocycles. The van der Waals surface area contributed by atoms with Gasteiger partial charge in [0.15, 0.2) is 0 Å². The molecule has 0 aromatic rings. The van der Waals surface area contributed by atoms with Gasteiger partial charge in [-0.15, -0.1) is 0 Å². The van der Waals surface area contributed by atoms with Gasteiger partial charge in [0.05, 0.1) is 9.73 Å². The quantitative estimate of drug-likeness (QED) is 0.709. The van der Waals surface area contributed by atoms with Crippen LogP contribution in [0, 0.1) is 0 Å². The standard InChI is InChI=1S/C10H22N4O4S2/c1-5-12(2)10(15)13-6-8-14(9-7-13)20(17,18)11-19(3,4)16/h5-9H2,1-4H3. The summed E-state index contributed by atoms with van der Waals surface area (Å²) in [4.78, 5) is 15.1. The number of amides is 2. The van der Waals surface area contributed by atoms with Crippen LogP contribution in [0.25, 0.3) is 0 Å². The maximum atomic E-state index is 11.9. The molecule has 2 amide bonds. The second-order valence-corrected chi connectivity index (χ2v) is 9.29. The first-order valence-corrected chi connectivity index (χ1v) is 9.98. The number of carbonyl (C=O) groups excluding carboxylic acids is 1. The summed E-state index contributed by atoms with van der Waals surface area (Å²) >= 11 is 0. The van der Waals surface area contributed by atoms with E-state index in [0.29, 0.717) is 19.6 Å². The minimum absolute atomic E-state index is 0.115. The Bertz CT molecular complexity index is 564. The highest BCUT2D eigenvalue weighted by Gasteiger charge is 2.29. The summed E-state index contributed by atoms with van der Waals surface area (Å²) in [6, 6.07) is -0.115. The third-order valence-electron chi connectivity index (χ3n) is 2.91. The van der Waals surface area contributed by atoms with E-state index in [4.69, 9.17) is 0 Å². The van der Waals surface area contributed by atoms with Crippen molar-refractivity contribution in [2.45, 2.75) is 6.92 Å². The topological polar surface area (TPSA) is 90.4 Å². The van der Waals surface area contributed by atoms with E-state index in [0.717, 1.165) is 4.31 Å². The Morgan fingerprint density at radius 3 is 2.05 bits per heavy atom. The molecule has 8 nitrogen and oxygen atoms in total. The largest absolute Gasteiger partial charge is 0.330 e. The fraction of sp³-hybridized carbons (Fsp3) is 0.900. The Hall–Kier alpha value is -0.870. The summed E-state index contributed by atoms with van der Waals surface area (Å²) < 4.78 is 39.9. The monoisotopic (exact) mass is 326 g/mol. The lowest BCUT2D eigenvalue weighted by Gasteiger charge is -2.34. The van der Waals surface area contributed by atoms with Gasteiger partial charge in [-0.1, -0.05) is 3.77 Å². The van der Waals surface area contributed by atoms with Gasteiger partial charge < -0.3 is 9.80 Å². The van der Waals surface area contributed by atoms with Crippen LogP contribution in [0.3, 0.4) is 0 Å². The SMILES string of the molecule is CCN(C)C(=O)N1CCN(S(=O)(=O)N=S(C)(C)=O)CC1. The van der Waals surface area contributed by atoms with Crippen molar-refractivity contribution in [2.24, 2.45) is 3.77 Å². The molecule has 0 N–H and O–H groups in total. The van der Waals surface area contributed by atoms with Gasteiger partial charge in [0.2, 0.25) is 0 Å². The first-order chi connectivity index (χ1) is 9.07. The van der Waals surface area contributed by atoms with Crippen LogP contribution in [0.1, 0.15) is 6.92 Å². The van der Waals surface area contributed by atoms with Gasteiger partial charge in [-0.3, -0.25) is 0 Å². The van der Waals surface area contributed by atoms with Crippen LogP contribution in [-0.2, 0) is 19.9 Å². The van der Waals surface area contributed by atoms with Crippen LogP contribution in [0.5, 0.6) is 0 Å². The van der Waals surface area contributed by atoms with E-state index in [2.05, 4.69) is 3.77 Å².